The SMILES string of the molecule is CN(C)CCCOCC1OC(O)C(O)C(O)C1O. The second-order valence-electron chi connectivity index (χ2n) is 4.77. The molecule has 4 N–H and O–H groups in total. The Morgan fingerprint density at radius 1 is 1.06 bits per heavy atom. The summed E-state index contributed by atoms with van der Waals surface area (Å²) in [5.41, 5.74) is 0. The van der Waals surface area contributed by atoms with Crippen LogP contribution in [-0.4, -0.2) is 89.9 Å². The molecule has 1 fully saturated rings. The van der Waals surface area contributed by atoms with Crippen molar-refractivity contribution in [1.29, 1.82) is 0 Å². The zero-order valence-electron chi connectivity index (χ0n) is 10.8. The predicted octanol–water partition coefficient (Wildman–Crippen LogP) is -2.25. The van der Waals surface area contributed by atoms with Gasteiger partial charge < -0.3 is 34.8 Å². The molecule has 0 aromatic rings. The second-order valence-corrected chi connectivity index (χ2v) is 4.77. The Morgan fingerprint density at radius 2 is 1.72 bits per heavy atom. The summed E-state index contributed by atoms with van der Waals surface area (Å²) in [6.45, 7) is 1.45. The van der Waals surface area contributed by atoms with Gasteiger partial charge in [-0.3, -0.25) is 0 Å². The highest BCUT2D eigenvalue weighted by molar-refractivity contribution is 4.88. The molecule has 0 bridgehead atoms. The lowest BCUT2D eigenvalue weighted by Gasteiger charge is -2.38. The highest BCUT2D eigenvalue weighted by Gasteiger charge is 2.42. The first-order chi connectivity index (χ1) is 8.43. The molecule has 7 heteroatoms. The molecule has 108 valence electrons. The molecule has 0 spiro atoms. The third-order valence-corrected chi connectivity index (χ3v) is 2.86. The van der Waals surface area contributed by atoms with Gasteiger partial charge in [0.25, 0.3) is 0 Å². The maximum absolute atomic E-state index is 9.64. The maximum atomic E-state index is 9.64. The van der Waals surface area contributed by atoms with E-state index in [1.165, 1.54) is 0 Å². The first-order valence-electron chi connectivity index (χ1n) is 6.03. The standard InChI is InChI=1S/C11H23NO6/c1-12(2)4-3-5-17-6-7-8(13)9(14)10(15)11(16)18-7/h7-11,13-16H,3-6H2,1-2H3. The maximum Gasteiger partial charge on any atom is 0.184 e. The molecule has 0 aromatic carbocycles. The van der Waals surface area contributed by atoms with E-state index in [4.69, 9.17) is 9.47 Å². The Morgan fingerprint density at radius 3 is 2.33 bits per heavy atom. The van der Waals surface area contributed by atoms with Crippen molar-refractivity contribution in [2.75, 3.05) is 33.9 Å². The van der Waals surface area contributed by atoms with E-state index in [0.717, 1.165) is 13.0 Å². The third kappa shape index (κ3) is 4.43. The molecule has 1 aliphatic rings. The topological polar surface area (TPSA) is 103 Å². The van der Waals surface area contributed by atoms with E-state index in [0.29, 0.717) is 6.61 Å². The van der Waals surface area contributed by atoms with Gasteiger partial charge in [0, 0.05) is 6.61 Å². The zero-order valence-corrected chi connectivity index (χ0v) is 10.8. The van der Waals surface area contributed by atoms with E-state index >= 15 is 0 Å². The minimum absolute atomic E-state index is 0.0649. The molecular formula is C11H23NO6. The summed E-state index contributed by atoms with van der Waals surface area (Å²) in [6.07, 6.45) is -5.69. The molecule has 1 heterocycles. The van der Waals surface area contributed by atoms with Crippen LogP contribution in [0.1, 0.15) is 6.42 Å². The third-order valence-electron chi connectivity index (χ3n) is 2.86. The van der Waals surface area contributed by atoms with Crippen molar-refractivity contribution in [1.82, 2.24) is 4.90 Å². The van der Waals surface area contributed by atoms with Crippen LogP contribution in [0.3, 0.4) is 0 Å². The fourth-order valence-electron chi connectivity index (χ4n) is 1.75. The van der Waals surface area contributed by atoms with E-state index in [9.17, 15) is 20.4 Å². The number of hydrogen-bond acceptors (Lipinski definition) is 7. The Hall–Kier alpha value is -0.280. The normalized spacial score (nSPS) is 37.2. The summed E-state index contributed by atoms with van der Waals surface area (Å²) in [5, 5.41) is 37.7. The van der Waals surface area contributed by atoms with Crippen molar-refractivity contribution in [2.24, 2.45) is 0 Å². The number of hydrogen-bond donors (Lipinski definition) is 4. The quantitative estimate of drug-likeness (QED) is 0.402. The number of aliphatic hydroxyl groups excluding tert-OH is 4. The van der Waals surface area contributed by atoms with Crippen LogP contribution in [0.5, 0.6) is 0 Å². The van der Waals surface area contributed by atoms with Crippen LogP contribution < -0.4 is 0 Å². The van der Waals surface area contributed by atoms with Gasteiger partial charge in [0.1, 0.15) is 24.4 Å². The van der Waals surface area contributed by atoms with Gasteiger partial charge in [-0.2, -0.15) is 0 Å². The molecular weight excluding hydrogens is 242 g/mol. The van der Waals surface area contributed by atoms with Crippen LogP contribution in [0.25, 0.3) is 0 Å². The Bertz CT molecular complexity index is 240. The summed E-state index contributed by atoms with van der Waals surface area (Å²) >= 11 is 0. The predicted molar refractivity (Wildman–Crippen MR) is 62.9 cm³/mol. The Balaban J connectivity index is 2.25. The van der Waals surface area contributed by atoms with Gasteiger partial charge in [-0.25, -0.2) is 0 Å². The molecule has 0 radical (unpaired) electrons. The highest BCUT2D eigenvalue weighted by Crippen LogP contribution is 2.19. The molecule has 18 heavy (non-hydrogen) atoms. The van der Waals surface area contributed by atoms with E-state index in [1.807, 2.05) is 19.0 Å². The molecule has 0 aliphatic carbocycles. The van der Waals surface area contributed by atoms with Gasteiger partial charge in [-0.1, -0.05) is 0 Å². The molecule has 0 aromatic heterocycles. The minimum atomic E-state index is -1.50. The van der Waals surface area contributed by atoms with Gasteiger partial charge in [0.2, 0.25) is 0 Å². The second kappa shape index (κ2) is 7.34. The lowest BCUT2D eigenvalue weighted by molar-refractivity contribution is -0.288. The van der Waals surface area contributed by atoms with Crippen molar-refractivity contribution in [3.8, 4) is 0 Å². The molecule has 1 saturated heterocycles. The van der Waals surface area contributed by atoms with Gasteiger partial charge in [0.05, 0.1) is 6.61 Å². The van der Waals surface area contributed by atoms with E-state index < -0.39 is 30.7 Å². The van der Waals surface area contributed by atoms with Crippen LogP contribution >= 0.6 is 0 Å². The van der Waals surface area contributed by atoms with Crippen molar-refractivity contribution in [3.05, 3.63) is 0 Å². The van der Waals surface area contributed by atoms with Gasteiger partial charge >= 0.3 is 0 Å². The first kappa shape index (κ1) is 15.8. The molecule has 0 amide bonds. The monoisotopic (exact) mass is 265 g/mol. The Kier molecular flexibility index (Phi) is 6.44. The molecule has 5 unspecified atom stereocenters. The van der Waals surface area contributed by atoms with Crippen molar-refractivity contribution in [3.63, 3.8) is 0 Å². The number of aliphatic hydroxyl groups is 4. The van der Waals surface area contributed by atoms with Crippen molar-refractivity contribution < 1.29 is 29.9 Å². The average molecular weight is 265 g/mol. The van der Waals surface area contributed by atoms with Crippen LogP contribution in [0.15, 0.2) is 0 Å². The minimum Gasteiger partial charge on any atom is -0.387 e. The molecule has 1 aliphatic heterocycles. The van der Waals surface area contributed by atoms with Gasteiger partial charge in [-0.05, 0) is 27.1 Å². The van der Waals surface area contributed by atoms with Crippen LogP contribution in [0.4, 0.5) is 0 Å². The lowest BCUT2D eigenvalue weighted by atomic mass is 9.99. The van der Waals surface area contributed by atoms with Gasteiger partial charge in [0.15, 0.2) is 6.29 Å². The van der Waals surface area contributed by atoms with E-state index in [2.05, 4.69) is 0 Å². The number of rotatable bonds is 6. The molecule has 1 rings (SSSR count). The number of nitrogens with zero attached hydrogens (tertiary/aromatic N) is 1. The molecule has 7 nitrogen and oxygen atoms in total. The summed E-state index contributed by atoms with van der Waals surface area (Å²) in [4.78, 5) is 2.03. The summed E-state index contributed by atoms with van der Waals surface area (Å²) in [6, 6.07) is 0. The smallest absolute Gasteiger partial charge is 0.184 e. The van der Waals surface area contributed by atoms with Crippen LogP contribution in [0, 0.1) is 0 Å². The Labute approximate surface area is 107 Å². The van der Waals surface area contributed by atoms with Crippen LogP contribution in [-0.2, 0) is 9.47 Å². The summed E-state index contributed by atoms with van der Waals surface area (Å²) in [5.74, 6) is 0. The molecule has 5 atom stereocenters. The lowest BCUT2D eigenvalue weighted by Crippen LogP contribution is -2.58. The first-order valence-corrected chi connectivity index (χ1v) is 6.03. The zero-order chi connectivity index (χ0) is 13.7. The summed E-state index contributed by atoms with van der Waals surface area (Å²) < 4.78 is 10.3. The van der Waals surface area contributed by atoms with Gasteiger partial charge in [-0.15, -0.1) is 0 Å². The highest BCUT2D eigenvalue weighted by atomic mass is 16.6. The number of ether oxygens (including phenoxy) is 2. The largest absolute Gasteiger partial charge is 0.387 e. The van der Waals surface area contributed by atoms with Crippen molar-refractivity contribution in [2.45, 2.75) is 37.1 Å². The van der Waals surface area contributed by atoms with Crippen molar-refractivity contribution >= 4 is 0 Å². The van der Waals surface area contributed by atoms with Crippen LogP contribution in [0.2, 0.25) is 0 Å². The van der Waals surface area contributed by atoms with E-state index in [-0.39, 0.29) is 6.61 Å². The average Bonchev–Trinajstić information content (AvgIpc) is 2.32. The fourth-order valence-corrected chi connectivity index (χ4v) is 1.75. The molecule has 0 saturated carbocycles. The van der Waals surface area contributed by atoms with E-state index in [1.54, 1.807) is 0 Å². The summed E-state index contributed by atoms with van der Waals surface area (Å²) in [7, 11) is 3.92. The fraction of sp³-hybridized carbons (Fsp3) is 1.00.